The third-order valence-corrected chi connectivity index (χ3v) is 5.40. The summed E-state index contributed by atoms with van der Waals surface area (Å²) in [7, 11) is 0. The van der Waals surface area contributed by atoms with E-state index in [-0.39, 0.29) is 30.3 Å². The van der Waals surface area contributed by atoms with Gasteiger partial charge in [0.05, 0.1) is 12.6 Å². The summed E-state index contributed by atoms with van der Waals surface area (Å²) in [6, 6.07) is 19.8. The maximum Gasteiger partial charge on any atom is 0.251 e. The van der Waals surface area contributed by atoms with Crippen LogP contribution in [0, 0.1) is 0 Å². The number of carbonyl (C=O) groups is 3. The number of nitrogens with zero attached hydrogens (tertiary/aromatic N) is 2. The van der Waals surface area contributed by atoms with Gasteiger partial charge in [0.2, 0.25) is 11.8 Å². The van der Waals surface area contributed by atoms with Crippen LogP contribution in [0.15, 0.2) is 79.1 Å². The molecule has 3 amide bonds. The molecule has 7 heteroatoms. The van der Waals surface area contributed by atoms with Crippen molar-refractivity contribution in [3.8, 4) is 0 Å². The molecule has 1 aromatic heterocycles. The first-order valence-corrected chi connectivity index (χ1v) is 10.5. The topological polar surface area (TPSA) is 91.4 Å². The van der Waals surface area contributed by atoms with Gasteiger partial charge in [-0.25, -0.2) is 0 Å². The number of aromatic nitrogens is 1. The lowest BCUT2D eigenvalue weighted by atomic mass is 9.99. The van der Waals surface area contributed by atoms with Crippen LogP contribution in [0.2, 0.25) is 0 Å². The summed E-state index contributed by atoms with van der Waals surface area (Å²) in [5.74, 6) is -0.552. The first kappa shape index (κ1) is 21.2. The van der Waals surface area contributed by atoms with Gasteiger partial charge in [0.15, 0.2) is 0 Å². The molecule has 1 fully saturated rings. The van der Waals surface area contributed by atoms with Crippen molar-refractivity contribution in [3.05, 3.63) is 95.8 Å². The predicted octanol–water partition coefficient (Wildman–Crippen LogP) is 2.84. The van der Waals surface area contributed by atoms with Crippen molar-refractivity contribution in [2.45, 2.75) is 18.9 Å². The van der Waals surface area contributed by atoms with Crippen LogP contribution >= 0.6 is 0 Å². The highest BCUT2D eigenvalue weighted by Gasteiger charge is 2.22. The molecule has 32 heavy (non-hydrogen) atoms. The van der Waals surface area contributed by atoms with Crippen molar-refractivity contribution in [2.24, 2.45) is 0 Å². The zero-order chi connectivity index (χ0) is 22.3. The molecule has 1 saturated heterocycles. The molecular formula is C25H24N4O3. The zero-order valence-electron chi connectivity index (χ0n) is 17.5. The van der Waals surface area contributed by atoms with E-state index in [0.717, 1.165) is 23.2 Å². The molecule has 7 nitrogen and oxygen atoms in total. The van der Waals surface area contributed by atoms with Gasteiger partial charge in [0, 0.05) is 36.6 Å². The highest BCUT2D eigenvalue weighted by atomic mass is 16.2. The van der Waals surface area contributed by atoms with Crippen molar-refractivity contribution < 1.29 is 14.4 Å². The molecule has 1 atom stereocenters. The lowest BCUT2D eigenvalue weighted by Crippen LogP contribution is -2.39. The number of carbonyl (C=O) groups excluding carboxylic acids is 3. The smallest absolute Gasteiger partial charge is 0.251 e. The van der Waals surface area contributed by atoms with Gasteiger partial charge in [-0.05, 0) is 53.9 Å². The zero-order valence-corrected chi connectivity index (χ0v) is 17.5. The Kier molecular flexibility index (Phi) is 6.55. The number of rotatable bonds is 7. The Morgan fingerprint density at radius 3 is 2.28 bits per heavy atom. The fraction of sp³-hybridized carbons (Fsp3) is 0.200. The van der Waals surface area contributed by atoms with Crippen LogP contribution in [0.4, 0.5) is 5.69 Å². The third-order valence-electron chi connectivity index (χ3n) is 5.40. The number of hydrogen-bond donors (Lipinski definition) is 2. The molecule has 3 aromatic rings. The summed E-state index contributed by atoms with van der Waals surface area (Å²) in [5.41, 5.74) is 3.05. The number of pyridine rings is 1. The van der Waals surface area contributed by atoms with Crippen molar-refractivity contribution >= 4 is 23.4 Å². The molecule has 0 saturated carbocycles. The highest BCUT2D eigenvalue weighted by Crippen LogP contribution is 2.22. The lowest BCUT2D eigenvalue weighted by Gasteiger charge is -2.20. The molecule has 1 aliphatic rings. The molecule has 1 unspecified atom stereocenters. The summed E-state index contributed by atoms with van der Waals surface area (Å²) in [5, 5.41) is 5.64. The lowest BCUT2D eigenvalue weighted by molar-refractivity contribution is -0.120. The van der Waals surface area contributed by atoms with Gasteiger partial charge in [-0.15, -0.1) is 0 Å². The summed E-state index contributed by atoms with van der Waals surface area (Å²) in [6.07, 6.45) is 4.76. The molecule has 0 radical (unpaired) electrons. The fourth-order valence-electron chi connectivity index (χ4n) is 3.75. The monoisotopic (exact) mass is 428 g/mol. The minimum absolute atomic E-state index is 0.0982. The summed E-state index contributed by atoms with van der Waals surface area (Å²) < 4.78 is 0. The molecule has 162 valence electrons. The molecule has 4 rings (SSSR count). The molecule has 1 aliphatic heterocycles. The fourth-order valence-corrected chi connectivity index (χ4v) is 3.75. The number of benzene rings is 2. The molecule has 2 aromatic carbocycles. The summed E-state index contributed by atoms with van der Waals surface area (Å²) in [4.78, 5) is 42.7. The second kappa shape index (κ2) is 9.87. The van der Waals surface area contributed by atoms with E-state index in [1.165, 1.54) is 0 Å². The number of nitrogens with one attached hydrogen (secondary N) is 2. The van der Waals surface area contributed by atoms with E-state index in [2.05, 4.69) is 15.6 Å². The molecule has 0 aliphatic carbocycles. The van der Waals surface area contributed by atoms with E-state index < -0.39 is 0 Å². The number of anilines is 1. The average molecular weight is 428 g/mol. The van der Waals surface area contributed by atoms with Crippen LogP contribution in [0.1, 0.15) is 40.4 Å². The first-order valence-electron chi connectivity index (χ1n) is 10.5. The molecular weight excluding hydrogens is 404 g/mol. The van der Waals surface area contributed by atoms with Gasteiger partial charge in [0.25, 0.3) is 5.91 Å². The Bertz CT molecular complexity index is 1050. The van der Waals surface area contributed by atoms with Crippen LogP contribution in [-0.2, 0) is 9.59 Å². The molecule has 2 heterocycles. The predicted molar refractivity (Wildman–Crippen MR) is 121 cm³/mol. The van der Waals surface area contributed by atoms with E-state index in [1.54, 1.807) is 41.6 Å². The Hall–Kier alpha value is -4.00. The Morgan fingerprint density at radius 1 is 0.938 bits per heavy atom. The minimum atomic E-state index is -0.348. The number of amides is 3. The van der Waals surface area contributed by atoms with Gasteiger partial charge in [0.1, 0.15) is 0 Å². The van der Waals surface area contributed by atoms with Gasteiger partial charge in [-0.1, -0.05) is 30.3 Å². The standard InChI is InChI=1S/C25H24N4O3/c30-22(28-24(18-5-2-1-3-6-18)19-12-14-26-15-13-19)17-27-25(32)20-8-10-21(11-9-20)29-16-4-7-23(29)31/h1-3,5-6,8-15,24H,4,7,16-17H2,(H,27,32)(H,28,30). The van der Waals surface area contributed by atoms with Crippen molar-refractivity contribution in [3.63, 3.8) is 0 Å². The molecule has 0 bridgehead atoms. The van der Waals surface area contributed by atoms with Gasteiger partial charge in [-0.3, -0.25) is 19.4 Å². The maximum absolute atomic E-state index is 12.6. The van der Waals surface area contributed by atoms with E-state index >= 15 is 0 Å². The summed E-state index contributed by atoms with van der Waals surface area (Å²) in [6.45, 7) is 0.546. The number of hydrogen-bond acceptors (Lipinski definition) is 4. The Balaban J connectivity index is 1.37. The minimum Gasteiger partial charge on any atom is -0.344 e. The van der Waals surface area contributed by atoms with Crippen LogP contribution in [0.5, 0.6) is 0 Å². The van der Waals surface area contributed by atoms with Crippen molar-refractivity contribution in [1.82, 2.24) is 15.6 Å². The van der Waals surface area contributed by atoms with E-state index in [4.69, 9.17) is 0 Å². The van der Waals surface area contributed by atoms with E-state index in [1.807, 2.05) is 42.5 Å². The van der Waals surface area contributed by atoms with Crippen LogP contribution in [0.25, 0.3) is 0 Å². The van der Waals surface area contributed by atoms with Gasteiger partial charge >= 0.3 is 0 Å². The largest absolute Gasteiger partial charge is 0.344 e. The van der Waals surface area contributed by atoms with E-state index in [9.17, 15) is 14.4 Å². The molecule has 0 spiro atoms. The van der Waals surface area contributed by atoms with Crippen LogP contribution in [0.3, 0.4) is 0 Å². The quantitative estimate of drug-likeness (QED) is 0.605. The van der Waals surface area contributed by atoms with Crippen molar-refractivity contribution in [2.75, 3.05) is 18.0 Å². The van der Waals surface area contributed by atoms with Gasteiger partial charge < -0.3 is 15.5 Å². The SMILES string of the molecule is O=C(CNC(=O)c1ccc(N2CCCC2=O)cc1)NC(c1ccccc1)c1ccncc1. The van der Waals surface area contributed by atoms with Gasteiger partial charge in [-0.2, -0.15) is 0 Å². The second-order valence-electron chi connectivity index (χ2n) is 7.57. The van der Waals surface area contributed by atoms with Crippen LogP contribution in [-0.4, -0.2) is 35.8 Å². The first-order chi connectivity index (χ1) is 15.6. The van der Waals surface area contributed by atoms with Crippen LogP contribution < -0.4 is 15.5 Å². The second-order valence-corrected chi connectivity index (χ2v) is 7.57. The van der Waals surface area contributed by atoms with Crippen molar-refractivity contribution in [1.29, 1.82) is 0 Å². The average Bonchev–Trinajstić information content (AvgIpc) is 3.28. The normalized spacial score (nSPS) is 14.1. The third kappa shape index (κ3) is 5.00. The Labute approximate surface area is 186 Å². The highest BCUT2D eigenvalue weighted by molar-refractivity contribution is 5.98. The Morgan fingerprint density at radius 2 is 1.62 bits per heavy atom. The maximum atomic E-state index is 12.6. The van der Waals surface area contributed by atoms with E-state index in [0.29, 0.717) is 18.5 Å². The molecule has 2 N–H and O–H groups in total. The summed E-state index contributed by atoms with van der Waals surface area (Å²) >= 11 is 0.